The van der Waals surface area contributed by atoms with E-state index in [1.54, 1.807) is 24.0 Å². The Morgan fingerprint density at radius 2 is 1.90 bits per heavy atom. The molecule has 7 heteroatoms. The highest BCUT2D eigenvalue weighted by molar-refractivity contribution is 5.92. The molecule has 1 aliphatic heterocycles. The third-order valence-electron chi connectivity index (χ3n) is 4.53. The van der Waals surface area contributed by atoms with Gasteiger partial charge < -0.3 is 19.1 Å². The molecule has 2 aromatic rings. The summed E-state index contributed by atoms with van der Waals surface area (Å²) in [5, 5.41) is 0. The molecule has 0 spiro atoms. The lowest BCUT2D eigenvalue weighted by atomic mass is 9.99. The van der Waals surface area contributed by atoms with Gasteiger partial charge in [-0.25, -0.2) is 14.0 Å². The lowest BCUT2D eigenvalue weighted by molar-refractivity contribution is 0.0223. The van der Waals surface area contributed by atoms with Gasteiger partial charge in [-0.05, 0) is 57.9 Å². The molecule has 0 radical (unpaired) electrons. The SMILES string of the molecule is CCOC(=O)c1ccc(F)cc1Oc1cccc2c1CCN(C(=O)OC(C)(C)C)C2. The molecular weight excluding hydrogens is 389 g/mol. The summed E-state index contributed by atoms with van der Waals surface area (Å²) in [5.74, 6) is -0.476. The van der Waals surface area contributed by atoms with Crippen LogP contribution < -0.4 is 4.74 Å². The Kier molecular flexibility index (Phi) is 6.29. The molecule has 0 aromatic heterocycles. The van der Waals surface area contributed by atoms with E-state index >= 15 is 0 Å². The first-order valence-corrected chi connectivity index (χ1v) is 9.91. The number of benzene rings is 2. The minimum atomic E-state index is -0.576. The summed E-state index contributed by atoms with van der Waals surface area (Å²) in [5.41, 5.74) is 1.42. The summed E-state index contributed by atoms with van der Waals surface area (Å²) in [6, 6.07) is 9.19. The first-order chi connectivity index (χ1) is 14.2. The monoisotopic (exact) mass is 415 g/mol. The number of nitrogens with zero attached hydrogens (tertiary/aromatic N) is 1. The van der Waals surface area contributed by atoms with Gasteiger partial charge in [-0.3, -0.25) is 0 Å². The summed E-state index contributed by atoms with van der Waals surface area (Å²) in [6.45, 7) is 8.24. The average Bonchev–Trinajstić information content (AvgIpc) is 2.67. The fourth-order valence-corrected chi connectivity index (χ4v) is 3.23. The molecule has 0 fully saturated rings. The van der Waals surface area contributed by atoms with Crippen LogP contribution in [0.5, 0.6) is 11.5 Å². The number of amides is 1. The van der Waals surface area contributed by atoms with Crippen molar-refractivity contribution in [1.29, 1.82) is 0 Å². The smallest absolute Gasteiger partial charge is 0.410 e. The second kappa shape index (κ2) is 8.73. The molecule has 160 valence electrons. The molecular formula is C23H26FNO5. The van der Waals surface area contributed by atoms with Gasteiger partial charge in [-0.2, -0.15) is 0 Å². The fraction of sp³-hybridized carbons (Fsp3) is 0.391. The average molecular weight is 415 g/mol. The van der Waals surface area contributed by atoms with Crippen molar-refractivity contribution in [3.05, 3.63) is 58.9 Å². The third kappa shape index (κ3) is 5.09. The molecule has 1 amide bonds. The predicted molar refractivity (Wildman–Crippen MR) is 109 cm³/mol. The van der Waals surface area contributed by atoms with Gasteiger partial charge >= 0.3 is 12.1 Å². The maximum atomic E-state index is 13.8. The summed E-state index contributed by atoms with van der Waals surface area (Å²) < 4.78 is 30.3. The zero-order valence-electron chi connectivity index (χ0n) is 17.7. The highest BCUT2D eigenvalue weighted by Crippen LogP contribution is 2.34. The standard InChI is InChI=1S/C23H26FNO5/c1-5-28-21(26)18-10-9-16(24)13-20(18)29-19-8-6-7-15-14-25(12-11-17(15)19)22(27)30-23(2,3)4/h6-10,13H,5,11-12,14H2,1-4H3. The maximum absolute atomic E-state index is 13.8. The lowest BCUT2D eigenvalue weighted by Crippen LogP contribution is -2.39. The number of halogens is 1. The Labute approximate surface area is 175 Å². The number of ether oxygens (including phenoxy) is 3. The van der Waals surface area contributed by atoms with Crippen LogP contribution in [0.1, 0.15) is 49.2 Å². The van der Waals surface area contributed by atoms with Crippen LogP contribution in [0.25, 0.3) is 0 Å². The molecule has 0 unspecified atom stereocenters. The van der Waals surface area contributed by atoms with Crippen LogP contribution in [0.2, 0.25) is 0 Å². The van der Waals surface area contributed by atoms with Crippen molar-refractivity contribution in [2.24, 2.45) is 0 Å². The molecule has 0 N–H and O–H groups in total. The quantitative estimate of drug-likeness (QED) is 0.651. The van der Waals surface area contributed by atoms with E-state index in [4.69, 9.17) is 14.2 Å². The molecule has 0 saturated heterocycles. The number of esters is 1. The van der Waals surface area contributed by atoms with E-state index in [1.807, 2.05) is 26.8 Å². The van der Waals surface area contributed by atoms with E-state index in [2.05, 4.69) is 0 Å². The van der Waals surface area contributed by atoms with Crippen molar-refractivity contribution in [3.63, 3.8) is 0 Å². The first kappa shape index (κ1) is 21.6. The molecule has 30 heavy (non-hydrogen) atoms. The molecule has 0 bridgehead atoms. The molecule has 6 nitrogen and oxygen atoms in total. The van der Waals surface area contributed by atoms with E-state index in [0.717, 1.165) is 11.1 Å². The molecule has 0 aliphatic carbocycles. The second-order valence-corrected chi connectivity index (χ2v) is 8.01. The van der Waals surface area contributed by atoms with Crippen molar-refractivity contribution >= 4 is 12.1 Å². The number of hydrogen-bond acceptors (Lipinski definition) is 5. The highest BCUT2D eigenvalue weighted by atomic mass is 19.1. The third-order valence-corrected chi connectivity index (χ3v) is 4.53. The highest BCUT2D eigenvalue weighted by Gasteiger charge is 2.27. The Morgan fingerprint density at radius 3 is 2.60 bits per heavy atom. The number of rotatable bonds is 4. The van der Waals surface area contributed by atoms with Gasteiger partial charge in [0.1, 0.15) is 28.5 Å². The van der Waals surface area contributed by atoms with Gasteiger partial charge in [-0.15, -0.1) is 0 Å². The fourth-order valence-electron chi connectivity index (χ4n) is 3.23. The minimum Gasteiger partial charge on any atom is -0.462 e. The van der Waals surface area contributed by atoms with Crippen LogP contribution in [-0.2, 0) is 22.4 Å². The van der Waals surface area contributed by atoms with Crippen molar-refractivity contribution in [2.75, 3.05) is 13.2 Å². The van der Waals surface area contributed by atoms with Gasteiger partial charge in [0.25, 0.3) is 0 Å². The molecule has 2 aromatic carbocycles. The zero-order chi connectivity index (χ0) is 21.9. The predicted octanol–water partition coefficient (Wildman–Crippen LogP) is 5.09. The van der Waals surface area contributed by atoms with Crippen molar-refractivity contribution in [2.45, 2.75) is 46.3 Å². The van der Waals surface area contributed by atoms with Crippen molar-refractivity contribution in [1.82, 2.24) is 4.90 Å². The number of hydrogen-bond donors (Lipinski definition) is 0. The van der Waals surface area contributed by atoms with E-state index in [1.165, 1.54) is 18.2 Å². The second-order valence-electron chi connectivity index (χ2n) is 8.01. The largest absolute Gasteiger partial charge is 0.462 e. The summed E-state index contributed by atoms with van der Waals surface area (Å²) in [7, 11) is 0. The molecule has 3 rings (SSSR count). The number of carbonyl (C=O) groups excluding carboxylic acids is 2. The normalized spacial score (nSPS) is 13.4. The van der Waals surface area contributed by atoms with Crippen LogP contribution >= 0.6 is 0 Å². The summed E-state index contributed by atoms with van der Waals surface area (Å²) in [4.78, 5) is 26.2. The molecule has 1 heterocycles. The Bertz CT molecular complexity index is 951. The van der Waals surface area contributed by atoms with Crippen LogP contribution in [0.3, 0.4) is 0 Å². The topological polar surface area (TPSA) is 65.1 Å². The summed E-state index contributed by atoms with van der Waals surface area (Å²) >= 11 is 0. The van der Waals surface area contributed by atoms with E-state index in [9.17, 15) is 14.0 Å². The van der Waals surface area contributed by atoms with E-state index in [-0.39, 0.29) is 24.0 Å². The minimum absolute atomic E-state index is 0.0939. The van der Waals surface area contributed by atoms with E-state index < -0.39 is 17.4 Å². The van der Waals surface area contributed by atoms with Crippen LogP contribution in [0.4, 0.5) is 9.18 Å². The number of fused-ring (bicyclic) bond motifs is 1. The lowest BCUT2D eigenvalue weighted by Gasteiger charge is -2.32. The van der Waals surface area contributed by atoms with Gasteiger partial charge in [0, 0.05) is 24.7 Å². The van der Waals surface area contributed by atoms with Gasteiger partial charge in [0.2, 0.25) is 0 Å². The van der Waals surface area contributed by atoms with Crippen LogP contribution in [0, 0.1) is 5.82 Å². The van der Waals surface area contributed by atoms with Gasteiger partial charge in [0.15, 0.2) is 0 Å². The maximum Gasteiger partial charge on any atom is 0.410 e. The summed E-state index contributed by atoms with van der Waals surface area (Å²) in [6.07, 6.45) is 0.184. The van der Waals surface area contributed by atoms with Crippen molar-refractivity contribution < 1.29 is 28.2 Å². The molecule has 1 aliphatic rings. The van der Waals surface area contributed by atoms with Crippen LogP contribution in [-0.4, -0.2) is 35.7 Å². The molecule has 0 atom stereocenters. The van der Waals surface area contributed by atoms with Crippen LogP contribution in [0.15, 0.2) is 36.4 Å². The number of carbonyl (C=O) groups is 2. The molecule has 0 saturated carbocycles. The first-order valence-electron chi connectivity index (χ1n) is 9.91. The Morgan fingerprint density at radius 1 is 1.13 bits per heavy atom. The van der Waals surface area contributed by atoms with E-state index in [0.29, 0.717) is 25.3 Å². The van der Waals surface area contributed by atoms with Gasteiger partial charge in [-0.1, -0.05) is 12.1 Å². The van der Waals surface area contributed by atoms with Gasteiger partial charge in [0.05, 0.1) is 6.61 Å². The zero-order valence-corrected chi connectivity index (χ0v) is 17.7. The van der Waals surface area contributed by atoms with Crippen molar-refractivity contribution in [3.8, 4) is 11.5 Å². The Hall–Kier alpha value is -3.09. The Balaban J connectivity index is 1.85.